The van der Waals surface area contributed by atoms with E-state index < -0.39 is 11.7 Å². The number of ketones is 1. The van der Waals surface area contributed by atoms with Gasteiger partial charge in [0.25, 0.3) is 0 Å². The SMILES string of the molecule is CC1CC2OC2CCC=CC(=O)Cc2cc(O)cc(O)c2C(=O)O1. The molecule has 0 spiro atoms. The third kappa shape index (κ3) is 3.76. The minimum Gasteiger partial charge on any atom is -0.508 e. The Kier molecular flexibility index (Phi) is 4.57. The monoisotopic (exact) mass is 332 g/mol. The number of carbonyl (C=O) groups is 2. The van der Waals surface area contributed by atoms with Crippen molar-refractivity contribution in [3.8, 4) is 11.5 Å². The standard InChI is InChI=1S/C18H20O6/c1-10-6-16-15(24-16)5-3-2-4-12(19)7-11-8-13(20)9-14(21)17(11)18(22)23-10/h2,4,8-10,15-16,20-21H,3,5-7H2,1H3. The smallest absolute Gasteiger partial charge is 0.342 e. The fraction of sp³-hybridized carbons (Fsp3) is 0.444. The van der Waals surface area contributed by atoms with Gasteiger partial charge >= 0.3 is 5.97 Å². The van der Waals surface area contributed by atoms with Crippen LogP contribution in [0.25, 0.3) is 0 Å². The minimum atomic E-state index is -0.707. The van der Waals surface area contributed by atoms with Gasteiger partial charge in [-0.15, -0.1) is 0 Å². The summed E-state index contributed by atoms with van der Waals surface area (Å²) in [5, 5.41) is 19.7. The first-order valence-electron chi connectivity index (χ1n) is 8.04. The van der Waals surface area contributed by atoms with E-state index in [1.54, 1.807) is 13.0 Å². The summed E-state index contributed by atoms with van der Waals surface area (Å²) in [6.07, 6.45) is 5.14. The number of carbonyl (C=O) groups excluding carboxylic acids is 2. The first kappa shape index (κ1) is 16.5. The van der Waals surface area contributed by atoms with Gasteiger partial charge in [-0.1, -0.05) is 6.08 Å². The summed E-state index contributed by atoms with van der Waals surface area (Å²) in [5.41, 5.74) is 0.170. The summed E-state index contributed by atoms with van der Waals surface area (Å²) < 4.78 is 10.9. The van der Waals surface area contributed by atoms with Crippen molar-refractivity contribution in [2.24, 2.45) is 0 Å². The highest BCUT2D eigenvalue weighted by molar-refractivity contribution is 5.98. The minimum absolute atomic E-state index is 0.0627. The van der Waals surface area contributed by atoms with E-state index in [0.29, 0.717) is 6.42 Å². The lowest BCUT2D eigenvalue weighted by molar-refractivity contribution is -0.114. The fourth-order valence-electron chi connectivity index (χ4n) is 3.02. The second-order valence-electron chi connectivity index (χ2n) is 6.29. The molecule has 0 aliphatic carbocycles. The normalized spacial score (nSPS) is 27.6. The molecule has 3 atom stereocenters. The van der Waals surface area contributed by atoms with Gasteiger partial charge in [0, 0.05) is 18.9 Å². The van der Waals surface area contributed by atoms with E-state index in [1.807, 2.05) is 0 Å². The first-order valence-corrected chi connectivity index (χ1v) is 8.04. The van der Waals surface area contributed by atoms with Crippen LogP contribution in [-0.2, 0) is 20.7 Å². The number of aromatic hydroxyl groups is 2. The third-order valence-corrected chi connectivity index (χ3v) is 4.23. The number of phenols is 2. The Morgan fingerprint density at radius 3 is 2.75 bits per heavy atom. The molecule has 6 heteroatoms. The number of hydrogen-bond donors (Lipinski definition) is 2. The van der Waals surface area contributed by atoms with Crippen molar-refractivity contribution in [1.29, 1.82) is 0 Å². The maximum atomic E-state index is 12.4. The summed E-state index contributed by atoms with van der Waals surface area (Å²) in [7, 11) is 0. The van der Waals surface area contributed by atoms with Gasteiger partial charge in [-0.25, -0.2) is 4.79 Å². The van der Waals surface area contributed by atoms with Gasteiger partial charge in [-0.2, -0.15) is 0 Å². The van der Waals surface area contributed by atoms with Crippen LogP contribution in [0.5, 0.6) is 11.5 Å². The predicted molar refractivity (Wildman–Crippen MR) is 85.0 cm³/mol. The molecule has 2 N–H and O–H groups in total. The Hall–Kier alpha value is -2.34. The Labute approximate surface area is 139 Å². The number of benzene rings is 1. The van der Waals surface area contributed by atoms with Gasteiger partial charge in [0.1, 0.15) is 23.2 Å². The molecule has 0 amide bonds. The van der Waals surface area contributed by atoms with Crippen LogP contribution in [0.4, 0.5) is 0 Å². The van der Waals surface area contributed by atoms with Gasteiger partial charge in [-0.3, -0.25) is 4.79 Å². The Bertz CT molecular complexity index is 693. The molecule has 3 unspecified atom stereocenters. The van der Waals surface area contributed by atoms with Crippen LogP contribution in [0.1, 0.15) is 42.1 Å². The second kappa shape index (κ2) is 6.65. The maximum Gasteiger partial charge on any atom is 0.342 e. The molecule has 1 aromatic rings. The largest absolute Gasteiger partial charge is 0.508 e. The maximum absolute atomic E-state index is 12.4. The highest BCUT2D eigenvalue weighted by Gasteiger charge is 2.39. The van der Waals surface area contributed by atoms with Crippen LogP contribution in [0.15, 0.2) is 24.3 Å². The van der Waals surface area contributed by atoms with Crippen molar-refractivity contribution in [2.75, 3.05) is 0 Å². The Balaban J connectivity index is 1.92. The average molecular weight is 332 g/mol. The molecule has 24 heavy (non-hydrogen) atoms. The lowest BCUT2D eigenvalue weighted by atomic mass is 9.99. The molecule has 2 heterocycles. The Morgan fingerprint density at radius 1 is 1.17 bits per heavy atom. The van der Waals surface area contributed by atoms with E-state index in [1.165, 1.54) is 12.1 Å². The van der Waals surface area contributed by atoms with E-state index >= 15 is 0 Å². The molecule has 6 nitrogen and oxygen atoms in total. The summed E-state index contributed by atoms with van der Waals surface area (Å²) in [6.45, 7) is 1.77. The van der Waals surface area contributed by atoms with Crippen molar-refractivity contribution in [3.63, 3.8) is 0 Å². The van der Waals surface area contributed by atoms with E-state index in [9.17, 15) is 19.8 Å². The van der Waals surface area contributed by atoms with Gasteiger partial charge in [-0.05, 0) is 37.5 Å². The van der Waals surface area contributed by atoms with Crippen molar-refractivity contribution in [1.82, 2.24) is 0 Å². The number of cyclic esters (lactones) is 1. The van der Waals surface area contributed by atoms with E-state index in [0.717, 1.165) is 18.9 Å². The number of ether oxygens (including phenoxy) is 2. The zero-order chi connectivity index (χ0) is 17.3. The molecule has 0 bridgehead atoms. The number of fused-ring (bicyclic) bond motifs is 2. The summed E-state index contributed by atoms with van der Waals surface area (Å²) in [6, 6.07) is 2.37. The summed E-state index contributed by atoms with van der Waals surface area (Å²) in [4.78, 5) is 24.5. The number of esters is 1. The zero-order valence-corrected chi connectivity index (χ0v) is 13.4. The van der Waals surface area contributed by atoms with Crippen molar-refractivity contribution < 1.29 is 29.3 Å². The summed E-state index contributed by atoms with van der Waals surface area (Å²) >= 11 is 0. The van der Waals surface area contributed by atoms with Crippen LogP contribution < -0.4 is 0 Å². The predicted octanol–water partition coefficient (Wildman–Crippen LogP) is 2.26. The van der Waals surface area contributed by atoms with Gasteiger partial charge in [0.15, 0.2) is 5.78 Å². The number of epoxide rings is 1. The molecule has 1 aromatic carbocycles. The lowest BCUT2D eigenvalue weighted by Gasteiger charge is -2.15. The van der Waals surface area contributed by atoms with Crippen LogP contribution in [0.3, 0.4) is 0 Å². The molecular formula is C18H20O6. The topological polar surface area (TPSA) is 96.4 Å². The van der Waals surface area contributed by atoms with Gasteiger partial charge in [0.2, 0.25) is 0 Å². The quantitative estimate of drug-likeness (QED) is 0.559. The molecule has 128 valence electrons. The summed E-state index contributed by atoms with van der Waals surface area (Å²) in [5.74, 6) is -1.53. The van der Waals surface area contributed by atoms with Crippen LogP contribution in [0, 0.1) is 0 Å². The van der Waals surface area contributed by atoms with Gasteiger partial charge < -0.3 is 19.7 Å². The molecule has 1 fully saturated rings. The fourth-order valence-corrected chi connectivity index (χ4v) is 3.02. The molecule has 0 aromatic heterocycles. The Morgan fingerprint density at radius 2 is 1.96 bits per heavy atom. The molecule has 2 aliphatic heterocycles. The lowest BCUT2D eigenvalue weighted by Crippen LogP contribution is -2.19. The number of phenolic OH excluding ortho intramolecular Hbond substituents is 2. The van der Waals surface area contributed by atoms with E-state index in [4.69, 9.17) is 9.47 Å². The molecule has 0 saturated carbocycles. The van der Waals surface area contributed by atoms with E-state index in [2.05, 4.69) is 0 Å². The van der Waals surface area contributed by atoms with Crippen LogP contribution in [0.2, 0.25) is 0 Å². The average Bonchev–Trinajstić information content (AvgIpc) is 3.19. The molecule has 2 aliphatic rings. The number of rotatable bonds is 0. The highest BCUT2D eigenvalue weighted by atomic mass is 16.6. The first-order chi connectivity index (χ1) is 11.4. The molecule has 1 saturated heterocycles. The molecule has 0 radical (unpaired) electrons. The van der Waals surface area contributed by atoms with Crippen molar-refractivity contribution in [2.45, 2.75) is 50.9 Å². The second-order valence-corrected chi connectivity index (χ2v) is 6.29. The van der Waals surface area contributed by atoms with Gasteiger partial charge in [0.05, 0.1) is 12.2 Å². The number of allylic oxidation sites excluding steroid dienone is 2. The van der Waals surface area contributed by atoms with Crippen LogP contribution >= 0.6 is 0 Å². The number of hydrogen-bond acceptors (Lipinski definition) is 6. The molecular weight excluding hydrogens is 312 g/mol. The van der Waals surface area contributed by atoms with Crippen molar-refractivity contribution in [3.05, 3.63) is 35.4 Å². The zero-order valence-electron chi connectivity index (χ0n) is 13.4. The third-order valence-electron chi connectivity index (χ3n) is 4.23. The molecule has 3 rings (SSSR count). The van der Waals surface area contributed by atoms with Crippen LogP contribution in [-0.4, -0.2) is 40.3 Å². The highest BCUT2D eigenvalue weighted by Crippen LogP contribution is 2.33. The van der Waals surface area contributed by atoms with Crippen molar-refractivity contribution >= 4 is 11.8 Å². The van der Waals surface area contributed by atoms with E-state index in [-0.39, 0.29) is 47.4 Å².